The smallest absolute Gasteiger partial charge is 0.0251 e. The Balaban J connectivity index is 1.94. The average molecular weight is 238 g/mol. The van der Waals surface area contributed by atoms with E-state index in [4.69, 9.17) is 0 Å². The van der Waals surface area contributed by atoms with Crippen LogP contribution in [0.4, 0.5) is 0 Å². The highest BCUT2D eigenvalue weighted by Crippen LogP contribution is 2.41. The van der Waals surface area contributed by atoms with Gasteiger partial charge < -0.3 is 10.2 Å². The van der Waals surface area contributed by atoms with Crippen molar-refractivity contribution < 1.29 is 0 Å². The zero-order chi connectivity index (χ0) is 12.6. The highest BCUT2D eigenvalue weighted by molar-refractivity contribution is 4.95. The van der Waals surface area contributed by atoms with Crippen molar-refractivity contribution in [2.24, 2.45) is 17.3 Å². The maximum absolute atomic E-state index is 3.54. The quantitative estimate of drug-likeness (QED) is 0.810. The normalized spacial score (nSPS) is 40.6. The summed E-state index contributed by atoms with van der Waals surface area (Å²) in [6.45, 7) is 8.55. The third-order valence-corrected chi connectivity index (χ3v) is 5.09. The maximum Gasteiger partial charge on any atom is 0.0251 e. The molecular formula is C15H30N2. The first-order chi connectivity index (χ1) is 7.93. The molecule has 0 amide bonds. The predicted molar refractivity (Wildman–Crippen MR) is 74.2 cm³/mol. The van der Waals surface area contributed by atoms with E-state index in [1.165, 1.54) is 32.2 Å². The molecule has 0 aromatic carbocycles. The summed E-state index contributed by atoms with van der Waals surface area (Å²) < 4.78 is 0. The number of rotatable bonds is 4. The average Bonchev–Trinajstić information content (AvgIpc) is 2.93. The second-order valence-corrected chi connectivity index (χ2v) is 7.28. The lowest BCUT2D eigenvalue weighted by atomic mass is 9.72. The van der Waals surface area contributed by atoms with Crippen molar-refractivity contribution in [3.05, 3.63) is 0 Å². The van der Waals surface area contributed by atoms with Gasteiger partial charge in [0, 0.05) is 18.6 Å². The minimum Gasteiger partial charge on any atom is -0.315 e. The van der Waals surface area contributed by atoms with Crippen LogP contribution < -0.4 is 5.32 Å². The third kappa shape index (κ3) is 3.23. The van der Waals surface area contributed by atoms with Gasteiger partial charge in [0.05, 0.1) is 0 Å². The van der Waals surface area contributed by atoms with Crippen LogP contribution in [-0.2, 0) is 0 Å². The van der Waals surface area contributed by atoms with Crippen molar-refractivity contribution in [3.8, 4) is 0 Å². The lowest BCUT2D eigenvalue weighted by molar-refractivity contribution is 0.0812. The fraction of sp³-hybridized carbons (Fsp3) is 1.00. The molecule has 0 aliphatic heterocycles. The first-order valence-corrected chi connectivity index (χ1v) is 7.30. The molecule has 0 heterocycles. The van der Waals surface area contributed by atoms with Gasteiger partial charge in [0.15, 0.2) is 0 Å². The van der Waals surface area contributed by atoms with E-state index in [2.05, 4.69) is 45.1 Å². The molecule has 1 N–H and O–H groups in total. The summed E-state index contributed by atoms with van der Waals surface area (Å²) in [7, 11) is 4.46. The van der Waals surface area contributed by atoms with E-state index in [0.29, 0.717) is 11.5 Å². The number of nitrogens with one attached hydrogen (secondary N) is 1. The Morgan fingerprint density at radius 2 is 2.00 bits per heavy atom. The highest BCUT2D eigenvalue weighted by atomic mass is 15.2. The van der Waals surface area contributed by atoms with Gasteiger partial charge in [0.25, 0.3) is 0 Å². The molecule has 0 bridgehead atoms. The maximum atomic E-state index is 3.54. The molecule has 4 unspecified atom stereocenters. The molecule has 2 nitrogen and oxygen atoms in total. The molecule has 2 rings (SSSR count). The lowest BCUT2D eigenvalue weighted by Gasteiger charge is -2.45. The Kier molecular flexibility index (Phi) is 3.84. The fourth-order valence-corrected chi connectivity index (χ4v) is 3.51. The number of likely N-dealkylation sites (N-methyl/N-ethyl adjacent to an activating group) is 2. The summed E-state index contributed by atoms with van der Waals surface area (Å²) in [6.07, 6.45) is 5.49. The first kappa shape index (κ1) is 13.4. The van der Waals surface area contributed by atoms with Gasteiger partial charge in [0.2, 0.25) is 0 Å². The van der Waals surface area contributed by atoms with Crippen LogP contribution in [-0.4, -0.2) is 37.6 Å². The van der Waals surface area contributed by atoms with Crippen LogP contribution in [0.1, 0.15) is 46.5 Å². The van der Waals surface area contributed by atoms with Gasteiger partial charge in [-0.2, -0.15) is 0 Å². The monoisotopic (exact) mass is 238 g/mol. The van der Waals surface area contributed by atoms with Crippen molar-refractivity contribution >= 4 is 0 Å². The molecule has 2 fully saturated rings. The third-order valence-electron chi connectivity index (χ3n) is 5.09. The Labute approximate surface area is 107 Å². The lowest BCUT2D eigenvalue weighted by Crippen LogP contribution is -2.53. The van der Waals surface area contributed by atoms with E-state index in [1.807, 2.05) is 0 Å². The molecule has 2 heteroatoms. The van der Waals surface area contributed by atoms with E-state index in [1.54, 1.807) is 0 Å². The van der Waals surface area contributed by atoms with Crippen LogP contribution in [0.3, 0.4) is 0 Å². The van der Waals surface area contributed by atoms with Gasteiger partial charge in [-0.1, -0.05) is 20.8 Å². The van der Waals surface area contributed by atoms with E-state index < -0.39 is 0 Å². The molecule has 0 radical (unpaired) electrons. The van der Waals surface area contributed by atoms with Gasteiger partial charge >= 0.3 is 0 Å². The Morgan fingerprint density at radius 3 is 2.53 bits per heavy atom. The standard InChI is InChI=1S/C15H30N2/c1-11-8-12(11)10-17(5)14-9-15(2,3)7-6-13(14)16-4/h11-14,16H,6-10H2,1-5H3. The molecule has 0 spiro atoms. The van der Waals surface area contributed by atoms with Gasteiger partial charge in [-0.3, -0.25) is 0 Å². The molecule has 0 aromatic heterocycles. The van der Waals surface area contributed by atoms with Crippen LogP contribution in [0, 0.1) is 17.3 Å². The van der Waals surface area contributed by atoms with Gasteiger partial charge in [-0.25, -0.2) is 0 Å². The summed E-state index contributed by atoms with van der Waals surface area (Å²) in [5.41, 5.74) is 0.529. The van der Waals surface area contributed by atoms with Crippen molar-refractivity contribution in [1.82, 2.24) is 10.2 Å². The fourth-order valence-electron chi connectivity index (χ4n) is 3.51. The summed E-state index contributed by atoms with van der Waals surface area (Å²) in [4.78, 5) is 2.64. The largest absolute Gasteiger partial charge is 0.315 e. The van der Waals surface area contributed by atoms with Crippen molar-refractivity contribution in [3.63, 3.8) is 0 Å². The summed E-state index contributed by atoms with van der Waals surface area (Å²) in [6, 6.07) is 1.43. The second kappa shape index (κ2) is 4.89. The van der Waals surface area contributed by atoms with Crippen molar-refractivity contribution in [2.45, 2.75) is 58.5 Å². The molecule has 17 heavy (non-hydrogen) atoms. The predicted octanol–water partition coefficient (Wildman–Crippen LogP) is 2.74. The SMILES string of the molecule is CNC1CCC(C)(C)CC1N(C)CC1CC1C. The van der Waals surface area contributed by atoms with E-state index in [-0.39, 0.29) is 0 Å². The van der Waals surface area contributed by atoms with E-state index in [9.17, 15) is 0 Å². The van der Waals surface area contributed by atoms with Crippen LogP contribution in [0.2, 0.25) is 0 Å². The van der Waals surface area contributed by atoms with Crippen LogP contribution >= 0.6 is 0 Å². The number of hydrogen-bond donors (Lipinski definition) is 1. The van der Waals surface area contributed by atoms with Gasteiger partial charge in [-0.05, 0) is 57.0 Å². The number of nitrogens with zero attached hydrogens (tertiary/aromatic N) is 1. The van der Waals surface area contributed by atoms with E-state index >= 15 is 0 Å². The number of hydrogen-bond acceptors (Lipinski definition) is 2. The molecule has 2 aliphatic rings. The minimum atomic E-state index is 0.529. The highest BCUT2D eigenvalue weighted by Gasteiger charge is 2.39. The van der Waals surface area contributed by atoms with Crippen LogP contribution in [0.15, 0.2) is 0 Å². The van der Waals surface area contributed by atoms with Crippen LogP contribution in [0.5, 0.6) is 0 Å². The summed E-state index contributed by atoms with van der Waals surface area (Å²) in [5.74, 6) is 1.95. The van der Waals surface area contributed by atoms with Crippen molar-refractivity contribution in [2.75, 3.05) is 20.6 Å². The molecule has 2 saturated carbocycles. The second-order valence-electron chi connectivity index (χ2n) is 7.28. The summed E-state index contributed by atoms with van der Waals surface area (Å²) in [5, 5.41) is 3.54. The Morgan fingerprint density at radius 1 is 1.35 bits per heavy atom. The molecule has 0 saturated heterocycles. The first-order valence-electron chi connectivity index (χ1n) is 7.30. The zero-order valence-electron chi connectivity index (χ0n) is 12.3. The van der Waals surface area contributed by atoms with Gasteiger partial charge in [-0.15, -0.1) is 0 Å². The van der Waals surface area contributed by atoms with Crippen molar-refractivity contribution in [1.29, 1.82) is 0 Å². The Hall–Kier alpha value is -0.0800. The topological polar surface area (TPSA) is 15.3 Å². The molecule has 0 aromatic rings. The van der Waals surface area contributed by atoms with Gasteiger partial charge in [0.1, 0.15) is 0 Å². The minimum absolute atomic E-state index is 0.529. The summed E-state index contributed by atoms with van der Waals surface area (Å²) >= 11 is 0. The molecule has 4 atom stereocenters. The van der Waals surface area contributed by atoms with Crippen LogP contribution in [0.25, 0.3) is 0 Å². The Bertz CT molecular complexity index is 262. The molecule has 2 aliphatic carbocycles. The van der Waals surface area contributed by atoms with E-state index in [0.717, 1.165) is 17.9 Å². The zero-order valence-corrected chi connectivity index (χ0v) is 12.3. The molecule has 100 valence electrons. The molecular weight excluding hydrogens is 208 g/mol.